The van der Waals surface area contributed by atoms with Gasteiger partial charge < -0.3 is 9.47 Å². The first-order valence-corrected chi connectivity index (χ1v) is 14.2. The van der Waals surface area contributed by atoms with Crippen LogP contribution in [0.3, 0.4) is 0 Å². The largest absolute Gasteiger partial charge is 0.493 e. The van der Waals surface area contributed by atoms with Gasteiger partial charge in [0, 0.05) is 40.9 Å². The van der Waals surface area contributed by atoms with Gasteiger partial charge in [0.1, 0.15) is 0 Å². The van der Waals surface area contributed by atoms with E-state index in [-0.39, 0.29) is 34.7 Å². The number of carbonyl (C=O) groups excluding carboxylic acids is 2. The van der Waals surface area contributed by atoms with Gasteiger partial charge in [-0.15, -0.1) is 0 Å². The first kappa shape index (κ1) is 29.7. The molecule has 4 nitrogen and oxygen atoms in total. The van der Waals surface area contributed by atoms with E-state index in [9.17, 15) is 9.59 Å². The van der Waals surface area contributed by atoms with Gasteiger partial charge in [-0.1, -0.05) is 65.3 Å². The monoisotopic (exact) mass is 518 g/mol. The molecular formula is C34H46O4. The Hall–Kier alpha value is -2.88. The van der Waals surface area contributed by atoms with Gasteiger partial charge in [-0.3, -0.25) is 9.59 Å². The Labute approximate surface area is 229 Å². The van der Waals surface area contributed by atoms with Gasteiger partial charge >= 0.3 is 0 Å². The molecule has 2 aliphatic rings. The predicted octanol–water partition coefficient (Wildman–Crippen LogP) is 8.36. The zero-order valence-electron chi connectivity index (χ0n) is 24.9. The zero-order valence-corrected chi connectivity index (χ0v) is 24.9. The van der Waals surface area contributed by atoms with Crippen LogP contribution in [0.4, 0.5) is 0 Å². The normalized spacial score (nSPS) is 20.2. The third-order valence-corrected chi connectivity index (χ3v) is 7.91. The lowest BCUT2D eigenvalue weighted by Crippen LogP contribution is -2.19. The van der Waals surface area contributed by atoms with Gasteiger partial charge in [-0.05, 0) is 67.9 Å². The summed E-state index contributed by atoms with van der Waals surface area (Å²) >= 11 is 0. The molecule has 0 amide bonds. The molecule has 0 spiro atoms. The lowest BCUT2D eigenvalue weighted by atomic mass is 9.80. The molecule has 0 fully saturated rings. The van der Waals surface area contributed by atoms with Crippen LogP contribution >= 0.6 is 0 Å². The van der Waals surface area contributed by atoms with Gasteiger partial charge in [0.2, 0.25) is 0 Å². The fourth-order valence-electron chi connectivity index (χ4n) is 5.72. The Kier molecular flexibility index (Phi) is 9.62. The molecule has 3 rings (SSSR count). The van der Waals surface area contributed by atoms with Crippen molar-refractivity contribution in [2.75, 3.05) is 13.7 Å². The van der Waals surface area contributed by atoms with Crippen LogP contribution in [0.5, 0.6) is 11.5 Å². The van der Waals surface area contributed by atoms with Crippen LogP contribution in [0.2, 0.25) is 0 Å². The maximum absolute atomic E-state index is 13.8. The van der Waals surface area contributed by atoms with Crippen molar-refractivity contribution in [2.24, 2.45) is 17.8 Å². The average molecular weight is 519 g/mol. The van der Waals surface area contributed by atoms with Gasteiger partial charge in [-0.25, -0.2) is 0 Å². The number of carbonyl (C=O) groups is 2. The lowest BCUT2D eigenvalue weighted by molar-refractivity contribution is -0.119. The summed E-state index contributed by atoms with van der Waals surface area (Å²) in [6.07, 6.45) is 11.5. The van der Waals surface area contributed by atoms with E-state index in [4.69, 9.17) is 9.47 Å². The number of ether oxygens (including phenoxy) is 2. The van der Waals surface area contributed by atoms with Crippen molar-refractivity contribution < 1.29 is 19.1 Å². The quantitative estimate of drug-likeness (QED) is 0.218. The maximum Gasteiger partial charge on any atom is 0.165 e. The third-order valence-electron chi connectivity index (χ3n) is 7.91. The number of allylic oxidation sites excluding steroid dienone is 8. The number of methoxy groups -OCH3 is 1. The molecule has 0 aromatic heterocycles. The lowest BCUT2D eigenvalue weighted by Gasteiger charge is -2.25. The minimum Gasteiger partial charge on any atom is -0.493 e. The van der Waals surface area contributed by atoms with E-state index in [2.05, 4.69) is 66.7 Å². The second-order valence-electron chi connectivity index (χ2n) is 11.6. The molecule has 0 N–H and O–H groups in total. The molecule has 0 radical (unpaired) electrons. The van der Waals surface area contributed by atoms with E-state index in [0.717, 1.165) is 36.0 Å². The predicted molar refractivity (Wildman–Crippen MR) is 156 cm³/mol. The minimum absolute atomic E-state index is 0.00472. The number of Topliss-reactive ketones (excluding diaryl/α,β-unsaturated/α-hetero) is 2. The molecule has 38 heavy (non-hydrogen) atoms. The van der Waals surface area contributed by atoms with Gasteiger partial charge in [0.05, 0.1) is 13.7 Å². The molecule has 4 heteroatoms. The van der Waals surface area contributed by atoms with Crippen molar-refractivity contribution in [3.63, 3.8) is 0 Å². The van der Waals surface area contributed by atoms with Crippen molar-refractivity contribution in [2.45, 2.75) is 86.5 Å². The number of rotatable bonds is 11. The molecule has 0 saturated heterocycles. The van der Waals surface area contributed by atoms with Crippen LogP contribution in [0.25, 0.3) is 0 Å². The molecular weight excluding hydrogens is 472 g/mol. The summed E-state index contributed by atoms with van der Waals surface area (Å²) in [4.78, 5) is 26.9. The van der Waals surface area contributed by atoms with Crippen molar-refractivity contribution in [1.82, 2.24) is 0 Å². The van der Waals surface area contributed by atoms with E-state index in [0.29, 0.717) is 30.1 Å². The molecule has 0 heterocycles. The highest BCUT2D eigenvalue weighted by Crippen LogP contribution is 2.46. The summed E-state index contributed by atoms with van der Waals surface area (Å²) in [5, 5.41) is 0. The van der Waals surface area contributed by atoms with Gasteiger partial charge in [-0.2, -0.15) is 0 Å². The standard InChI is InChI=1S/C34H46O4/c1-10-14-38-31-20-24(18-29(33(31)37-9)34(6,7)8)30(35)19-23-16-27-21(5)15-25(17-28(27)26(23)13-4)32(36)22(11-2)12-3/h13,15-18,20,22-23,28H,10-12,14,19H2,1-9H3/b26-13+. The first-order chi connectivity index (χ1) is 18.0. The highest BCUT2D eigenvalue weighted by atomic mass is 16.5. The fourth-order valence-corrected chi connectivity index (χ4v) is 5.72. The molecule has 206 valence electrons. The SMILES string of the molecule is C/C=C1\C(CC(=O)c2cc(OCCC)c(OC)c(C(C)(C)C)c2)C=C2C(C)=CC(C(=O)C(CC)CC)=CC21. The van der Waals surface area contributed by atoms with Crippen molar-refractivity contribution in [3.05, 3.63) is 69.9 Å². The minimum atomic E-state index is -0.213. The van der Waals surface area contributed by atoms with Gasteiger partial charge in [0.15, 0.2) is 23.1 Å². The Balaban J connectivity index is 1.94. The smallest absolute Gasteiger partial charge is 0.165 e. The summed E-state index contributed by atoms with van der Waals surface area (Å²) in [5.74, 6) is 1.75. The summed E-state index contributed by atoms with van der Waals surface area (Å²) in [5.41, 5.74) is 5.75. The Bertz CT molecular complexity index is 1180. The number of fused-ring (bicyclic) bond motifs is 1. The maximum atomic E-state index is 13.8. The Morgan fingerprint density at radius 3 is 2.32 bits per heavy atom. The van der Waals surface area contributed by atoms with E-state index in [1.807, 2.05) is 25.1 Å². The fraction of sp³-hybridized carbons (Fsp3) is 0.529. The van der Waals surface area contributed by atoms with E-state index >= 15 is 0 Å². The van der Waals surface area contributed by atoms with Crippen LogP contribution in [0.1, 0.15) is 97.0 Å². The number of hydrogen-bond donors (Lipinski definition) is 0. The van der Waals surface area contributed by atoms with Crippen molar-refractivity contribution in [3.8, 4) is 11.5 Å². The third kappa shape index (κ3) is 6.06. The first-order valence-electron chi connectivity index (χ1n) is 14.2. The summed E-state index contributed by atoms with van der Waals surface area (Å²) in [6.45, 7) is 17.3. The number of ketones is 2. The topological polar surface area (TPSA) is 52.6 Å². The highest BCUT2D eigenvalue weighted by Gasteiger charge is 2.35. The van der Waals surface area contributed by atoms with Crippen LogP contribution < -0.4 is 9.47 Å². The Morgan fingerprint density at radius 2 is 1.76 bits per heavy atom. The van der Waals surface area contributed by atoms with E-state index in [1.165, 1.54) is 11.1 Å². The van der Waals surface area contributed by atoms with E-state index < -0.39 is 0 Å². The molecule has 1 aromatic carbocycles. The summed E-state index contributed by atoms with van der Waals surface area (Å²) in [6, 6.07) is 3.82. The molecule has 2 unspecified atom stereocenters. The molecule has 1 aromatic rings. The van der Waals surface area contributed by atoms with Crippen molar-refractivity contribution in [1.29, 1.82) is 0 Å². The van der Waals surface area contributed by atoms with Crippen LogP contribution in [0.15, 0.2) is 58.7 Å². The second-order valence-corrected chi connectivity index (χ2v) is 11.6. The number of benzene rings is 1. The molecule has 0 bridgehead atoms. The number of hydrogen-bond acceptors (Lipinski definition) is 4. The van der Waals surface area contributed by atoms with Crippen LogP contribution in [-0.4, -0.2) is 25.3 Å². The molecule has 0 saturated carbocycles. The molecule has 2 aliphatic carbocycles. The van der Waals surface area contributed by atoms with E-state index in [1.54, 1.807) is 7.11 Å². The Morgan fingerprint density at radius 1 is 1.08 bits per heavy atom. The second kappa shape index (κ2) is 12.3. The molecule has 2 atom stereocenters. The zero-order chi connectivity index (χ0) is 28.2. The summed E-state index contributed by atoms with van der Waals surface area (Å²) in [7, 11) is 1.65. The highest BCUT2D eigenvalue weighted by molar-refractivity contribution is 6.01. The van der Waals surface area contributed by atoms with Crippen LogP contribution in [0, 0.1) is 17.8 Å². The summed E-state index contributed by atoms with van der Waals surface area (Å²) < 4.78 is 11.8. The van der Waals surface area contributed by atoms with Crippen molar-refractivity contribution >= 4 is 11.6 Å². The van der Waals surface area contributed by atoms with Crippen LogP contribution in [-0.2, 0) is 10.2 Å². The average Bonchev–Trinajstić information content (AvgIpc) is 3.24. The molecule has 0 aliphatic heterocycles. The van der Waals surface area contributed by atoms with Gasteiger partial charge in [0.25, 0.3) is 0 Å².